The molecule has 106 valence electrons. The average Bonchev–Trinajstić information content (AvgIpc) is 2.35. The molecule has 1 heterocycles. The molecule has 0 aliphatic carbocycles. The molecule has 0 saturated carbocycles. The van der Waals surface area contributed by atoms with Crippen molar-refractivity contribution >= 4 is 5.69 Å². The smallest absolute Gasteiger partial charge is 0.420 e. The lowest BCUT2D eigenvalue weighted by atomic mass is 10.1. The molecule has 0 amide bonds. The highest BCUT2D eigenvalue weighted by molar-refractivity contribution is 5.49. The first kappa shape index (κ1) is 14.1. The molecule has 0 radical (unpaired) electrons. The van der Waals surface area contributed by atoms with E-state index in [1.54, 1.807) is 13.8 Å². The van der Waals surface area contributed by atoms with Crippen molar-refractivity contribution in [3.05, 3.63) is 41.3 Å². The van der Waals surface area contributed by atoms with Crippen LogP contribution in [0.15, 0.2) is 24.4 Å². The Morgan fingerprint density at radius 3 is 2.45 bits per heavy atom. The maximum Gasteiger partial charge on any atom is 0.420 e. The highest BCUT2D eigenvalue weighted by Crippen LogP contribution is 2.38. The first-order valence-electron chi connectivity index (χ1n) is 5.72. The molecule has 2 N–H and O–H groups in total. The molecule has 0 spiro atoms. The van der Waals surface area contributed by atoms with Gasteiger partial charge in [-0.15, -0.1) is 0 Å². The van der Waals surface area contributed by atoms with Crippen LogP contribution in [0.25, 0.3) is 0 Å². The van der Waals surface area contributed by atoms with Crippen molar-refractivity contribution in [2.75, 3.05) is 5.73 Å². The summed E-state index contributed by atoms with van der Waals surface area (Å²) < 4.78 is 43.9. The standard InChI is InChI=1S/C13H12F3N3O/c1-7-8(2)19-12(6-18-7)20-11-4-3-9(17)5-10(11)13(14,15)16/h3-6H,17H2,1-2H3. The van der Waals surface area contributed by atoms with Crippen LogP contribution in [0.2, 0.25) is 0 Å². The molecule has 7 heteroatoms. The predicted molar refractivity (Wildman–Crippen MR) is 67.4 cm³/mol. The van der Waals surface area contributed by atoms with E-state index in [4.69, 9.17) is 10.5 Å². The van der Waals surface area contributed by atoms with Crippen molar-refractivity contribution in [2.24, 2.45) is 0 Å². The summed E-state index contributed by atoms with van der Waals surface area (Å²) in [5.41, 5.74) is 5.72. The molecule has 0 unspecified atom stereocenters. The number of hydrogen-bond donors (Lipinski definition) is 1. The molecule has 4 nitrogen and oxygen atoms in total. The second kappa shape index (κ2) is 4.99. The number of anilines is 1. The van der Waals surface area contributed by atoms with E-state index in [-0.39, 0.29) is 17.3 Å². The molecule has 0 aliphatic rings. The SMILES string of the molecule is Cc1ncc(Oc2ccc(N)cc2C(F)(F)F)nc1C. The van der Waals surface area contributed by atoms with E-state index in [2.05, 4.69) is 9.97 Å². The number of halogens is 3. The Hall–Kier alpha value is -2.31. The third-order valence-electron chi connectivity index (χ3n) is 2.69. The lowest BCUT2D eigenvalue weighted by molar-refractivity contribution is -0.138. The quantitative estimate of drug-likeness (QED) is 0.857. The third-order valence-corrected chi connectivity index (χ3v) is 2.69. The second-order valence-corrected chi connectivity index (χ2v) is 4.23. The van der Waals surface area contributed by atoms with Gasteiger partial charge in [0.1, 0.15) is 11.3 Å². The van der Waals surface area contributed by atoms with Gasteiger partial charge in [0, 0.05) is 5.69 Å². The minimum atomic E-state index is -4.56. The number of nitrogens with two attached hydrogens (primary N) is 1. The van der Waals surface area contributed by atoms with Crippen LogP contribution < -0.4 is 10.5 Å². The summed E-state index contributed by atoms with van der Waals surface area (Å²) >= 11 is 0. The summed E-state index contributed by atoms with van der Waals surface area (Å²) in [6.45, 7) is 3.44. The van der Waals surface area contributed by atoms with E-state index < -0.39 is 11.7 Å². The minimum Gasteiger partial charge on any atom is -0.437 e. The number of ether oxygens (including phenoxy) is 1. The van der Waals surface area contributed by atoms with E-state index in [0.29, 0.717) is 11.4 Å². The van der Waals surface area contributed by atoms with Gasteiger partial charge in [-0.1, -0.05) is 0 Å². The fraction of sp³-hybridized carbons (Fsp3) is 0.231. The van der Waals surface area contributed by atoms with Crippen LogP contribution in [0.1, 0.15) is 17.0 Å². The van der Waals surface area contributed by atoms with Crippen LogP contribution in [0, 0.1) is 13.8 Å². The monoisotopic (exact) mass is 283 g/mol. The molecule has 1 aromatic carbocycles. The molecule has 20 heavy (non-hydrogen) atoms. The van der Waals surface area contributed by atoms with Crippen molar-refractivity contribution in [1.82, 2.24) is 9.97 Å². The van der Waals surface area contributed by atoms with E-state index in [0.717, 1.165) is 12.1 Å². The van der Waals surface area contributed by atoms with Crippen molar-refractivity contribution in [3.8, 4) is 11.6 Å². The largest absolute Gasteiger partial charge is 0.437 e. The van der Waals surface area contributed by atoms with Crippen LogP contribution in [-0.4, -0.2) is 9.97 Å². The lowest BCUT2D eigenvalue weighted by Crippen LogP contribution is -2.08. The van der Waals surface area contributed by atoms with Gasteiger partial charge in [0.2, 0.25) is 5.88 Å². The number of aryl methyl sites for hydroxylation is 2. The summed E-state index contributed by atoms with van der Waals surface area (Å²) in [4.78, 5) is 8.02. The minimum absolute atomic E-state index is 0.00312. The molecule has 1 aromatic heterocycles. The van der Waals surface area contributed by atoms with Gasteiger partial charge < -0.3 is 10.5 Å². The number of aromatic nitrogens is 2. The Balaban J connectivity index is 2.40. The number of benzene rings is 1. The summed E-state index contributed by atoms with van der Waals surface area (Å²) in [6, 6.07) is 3.32. The molecular weight excluding hydrogens is 271 g/mol. The average molecular weight is 283 g/mol. The Morgan fingerprint density at radius 2 is 1.85 bits per heavy atom. The fourth-order valence-corrected chi connectivity index (χ4v) is 1.54. The second-order valence-electron chi connectivity index (χ2n) is 4.23. The predicted octanol–water partition coefficient (Wildman–Crippen LogP) is 3.49. The third kappa shape index (κ3) is 2.98. The van der Waals surface area contributed by atoms with Crippen LogP contribution in [0.3, 0.4) is 0 Å². The van der Waals surface area contributed by atoms with Crippen LogP contribution in [0.4, 0.5) is 18.9 Å². The highest BCUT2D eigenvalue weighted by atomic mass is 19.4. The topological polar surface area (TPSA) is 61.0 Å². The zero-order valence-electron chi connectivity index (χ0n) is 10.8. The molecular formula is C13H12F3N3O. The molecule has 0 saturated heterocycles. The summed E-state index contributed by atoms with van der Waals surface area (Å²) in [5.74, 6) is -0.354. The van der Waals surface area contributed by atoms with Crippen LogP contribution in [0.5, 0.6) is 11.6 Å². The molecule has 0 aliphatic heterocycles. The van der Waals surface area contributed by atoms with Crippen molar-refractivity contribution in [2.45, 2.75) is 20.0 Å². The van der Waals surface area contributed by atoms with Crippen LogP contribution >= 0.6 is 0 Å². The van der Waals surface area contributed by atoms with Gasteiger partial charge in [-0.05, 0) is 32.0 Å². The van der Waals surface area contributed by atoms with Gasteiger partial charge in [-0.2, -0.15) is 13.2 Å². The number of hydrogen-bond acceptors (Lipinski definition) is 4. The molecule has 2 rings (SSSR count). The summed E-state index contributed by atoms with van der Waals surface area (Å²) in [5, 5.41) is 0. The normalized spacial score (nSPS) is 11.4. The number of nitrogen functional groups attached to an aromatic ring is 1. The van der Waals surface area contributed by atoms with Gasteiger partial charge in [0.05, 0.1) is 17.6 Å². The first-order chi connectivity index (χ1) is 9.27. The van der Waals surface area contributed by atoms with E-state index in [1.165, 1.54) is 12.3 Å². The van der Waals surface area contributed by atoms with Gasteiger partial charge in [0.15, 0.2) is 0 Å². The van der Waals surface area contributed by atoms with E-state index in [1.807, 2.05) is 0 Å². The van der Waals surface area contributed by atoms with Crippen molar-refractivity contribution < 1.29 is 17.9 Å². The maximum absolute atomic E-state index is 12.9. The first-order valence-corrected chi connectivity index (χ1v) is 5.72. The lowest BCUT2D eigenvalue weighted by Gasteiger charge is -2.14. The van der Waals surface area contributed by atoms with Gasteiger partial charge in [-0.25, -0.2) is 4.98 Å². The molecule has 0 bridgehead atoms. The molecule has 0 atom stereocenters. The number of nitrogens with zero attached hydrogens (tertiary/aromatic N) is 2. The maximum atomic E-state index is 12.9. The summed E-state index contributed by atoms with van der Waals surface area (Å²) in [7, 11) is 0. The van der Waals surface area contributed by atoms with E-state index in [9.17, 15) is 13.2 Å². The summed E-state index contributed by atoms with van der Waals surface area (Å²) in [6.07, 6.45) is -3.28. The van der Waals surface area contributed by atoms with E-state index >= 15 is 0 Å². The Bertz CT molecular complexity index is 641. The molecule has 2 aromatic rings. The number of alkyl halides is 3. The zero-order chi connectivity index (χ0) is 14.9. The van der Waals surface area contributed by atoms with Crippen molar-refractivity contribution in [3.63, 3.8) is 0 Å². The van der Waals surface area contributed by atoms with Crippen molar-refractivity contribution in [1.29, 1.82) is 0 Å². The Kier molecular flexibility index (Phi) is 3.52. The number of rotatable bonds is 2. The van der Waals surface area contributed by atoms with Gasteiger partial charge in [0.25, 0.3) is 0 Å². The Labute approximate surface area is 113 Å². The fourth-order valence-electron chi connectivity index (χ4n) is 1.54. The van der Waals surface area contributed by atoms with Crippen LogP contribution in [-0.2, 0) is 6.18 Å². The Morgan fingerprint density at radius 1 is 1.15 bits per heavy atom. The highest BCUT2D eigenvalue weighted by Gasteiger charge is 2.35. The van der Waals surface area contributed by atoms with Gasteiger partial charge in [-0.3, -0.25) is 4.98 Å². The zero-order valence-corrected chi connectivity index (χ0v) is 10.8. The molecule has 0 fully saturated rings. The van der Waals surface area contributed by atoms with Gasteiger partial charge >= 0.3 is 6.18 Å².